The number of anilines is 1. The quantitative estimate of drug-likeness (QED) is 0.615. The first-order valence-electron chi connectivity index (χ1n) is 9.38. The number of rotatable bonds is 8. The Morgan fingerprint density at radius 3 is 2.57 bits per heavy atom. The van der Waals surface area contributed by atoms with Gasteiger partial charge in [0.2, 0.25) is 5.91 Å². The average molecular weight is 409 g/mol. The van der Waals surface area contributed by atoms with E-state index in [2.05, 4.69) is 10.4 Å². The van der Waals surface area contributed by atoms with Gasteiger partial charge in [-0.15, -0.1) is 0 Å². The van der Waals surface area contributed by atoms with Gasteiger partial charge in [-0.1, -0.05) is 12.1 Å². The van der Waals surface area contributed by atoms with Gasteiger partial charge >= 0.3 is 0 Å². The van der Waals surface area contributed by atoms with Gasteiger partial charge in [-0.05, 0) is 43.3 Å². The summed E-state index contributed by atoms with van der Waals surface area (Å²) in [6, 6.07) is 15.3. The second-order valence-corrected chi connectivity index (χ2v) is 6.26. The summed E-state index contributed by atoms with van der Waals surface area (Å²) in [5, 5.41) is 7.11. The lowest BCUT2D eigenvalue weighted by Crippen LogP contribution is -2.29. The summed E-state index contributed by atoms with van der Waals surface area (Å²) in [7, 11) is 3.11. The zero-order chi connectivity index (χ0) is 21.5. The number of nitrogens with zero attached hydrogens (tertiary/aromatic N) is 2. The van der Waals surface area contributed by atoms with Crippen LogP contribution in [0, 0.1) is 0 Å². The Morgan fingerprint density at radius 2 is 1.83 bits per heavy atom. The van der Waals surface area contributed by atoms with Crippen molar-refractivity contribution >= 4 is 11.6 Å². The van der Waals surface area contributed by atoms with E-state index in [-0.39, 0.29) is 6.54 Å². The number of carbonyl (C=O) groups is 1. The topological polar surface area (TPSA) is 91.7 Å². The average Bonchev–Trinajstić information content (AvgIpc) is 2.76. The van der Waals surface area contributed by atoms with Crippen LogP contribution < -0.4 is 25.1 Å². The van der Waals surface area contributed by atoms with E-state index >= 15 is 0 Å². The molecule has 156 valence electrons. The number of methoxy groups -OCH3 is 2. The molecule has 0 aliphatic rings. The van der Waals surface area contributed by atoms with Gasteiger partial charge in [-0.2, -0.15) is 5.10 Å². The lowest BCUT2D eigenvalue weighted by atomic mass is 10.1. The van der Waals surface area contributed by atoms with Crippen LogP contribution >= 0.6 is 0 Å². The van der Waals surface area contributed by atoms with E-state index in [1.165, 1.54) is 6.07 Å². The third-order valence-electron chi connectivity index (χ3n) is 4.30. The number of amides is 1. The molecule has 0 bridgehead atoms. The molecule has 3 aromatic rings. The number of ether oxygens (including phenoxy) is 3. The Hall–Kier alpha value is -3.81. The SMILES string of the molecule is CCOc1ccccc1NC(=O)Cn1nc(-c2cc(OC)ccc2OC)ccc1=O. The minimum Gasteiger partial charge on any atom is -0.497 e. The van der Waals surface area contributed by atoms with Crippen molar-refractivity contribution in [3.05, 3.63) is 65.0 Å². The molecule has 8 nitrogen and oxygen atoms in total. The molecule has 0 unspecified atom stereocenters. The number of carbonyl (C=O) groups excluding carboxylic acids is 1. The molecule has 0 saturated heterocycles. The van der Waals surface area contributed by atoms with Crippen molar-refractivity contribution in [2.45, 2.75) is 13.5 Å². The van der Waals surface area contributed by atoms with E-state index in [1.807, 2.05) is 13.0 Å². The van der Waals surface area contributed by atoms with Gasteiger partial charge in [0.05, 0.1) is 32.2 Å². The number of hydrogen-bond acceptors (Lipinski definition) is 6. The lowest BCUT2D eigenvalue weighted by molar-refractivity contribution is -0.117. The van der Waals surface area contributed by atoms with E-state index in [0.29, 0.717) is 40.8 Å². The molecule has 30 heavy (non-hydrogen) atoms. The summed E-state index contributed by atoms with van der Waals surface area (Å²) in [5.74, 6) is 1.36. The van der Waals surface area contributed by atoms with Gasteiger partial charge in [0.25, 0.3) is 5.56 Å². The Kier molecular flexibility index (Phi) is 6.69. The third-order valence-corrected chi connectivity index (χ3v) is 4.30. The maximum atomic E-state index is 12.6. The van der Waals surface area contributed by atoms with Crippen LogP contribution in [-0.4, -0.2) is 36.5 Å². The van der Waals surface area contributed by atoms with Crippen molar-refractivity contribution in [1.82, 2.24) is 9.78 Å². The summed E-state index contributed by atoms with van der Waals surface area (Å²) in [6.07, 6.45) is 0. The molecule has 0 aliphatic carbocycles. The maximum absolute atomic E-state index is 12.6. The first-order chi connectivity index (χ1) is 14.5. The maximum Gasteiger partial charge on any atom is 0.267 e. The molecule has 0 atom stereocenters. The number of nitrogens with one attached hydrogen (secondary N) is 1. The second-order valence-electron chi connectivity index (χ2n) is 6.26. The van der Waals surface area contributed by atoms with Gasteiger partial charge in [0.15, 0.2) is 0 Å². The predicted octanol–water partition coefficient (Wildman–Crippen LogP) is 2.96. The summed E-state index contributed by atoms with van der Waals surface area (Å²) in [4.78, 5) is 24.8. The van der Waals surface area contributed by atoms with Gasteiger partial charge in [-0.3, -0.25) is 9.59 Å². The molecule has 0 aliphatic heterocycles. The van der Waals surface area contributed by atoms with Gasteiger partial charge in [0.1, 0.15) is 23.8 Å². The van der Waals surface area contributed by atoms with E-state index in [1.54, 1.807) is 56.7 Å². The zero-order valence-electron chi connectivity index (χ0n) is 17.0. The third kappa shape index (κ3) is 4.78. The van der Waals surface area contributed by atoms with Crippen LogP contribution in [0.15, 0.2) is 59.4 Å². The van der Waals surface area contributed by atoms with Crippen LogP contribution in [0.1, 0.15) is 6.92 Å². The van der Waals surface area contributed by atoms with Gasteiger partial charge in [-0.25, -0.2) is 4.68 Å². The van der Waals surface area contributed by atoms with Crippen LogP contribution in [0.4, 0.5) is 5.69 Å². The Balaban J connectivity index is 1.86. The zero-order valence-corrected chi connectivity index (χ0v) is 17.0. The highest BCUT2D eigenvalue weighted by Gasteiger charge is 2.13. The predicted molar refractivity (Wildman–Crippen MR) is 113 cm³/mol. The Bertz CT molecular complexity index is 1090. The molecule has 0 fully saturated rings. The molecule has 3 rings (SSSR count). The molecule has 8 heteroatoms. The van der Waals surface area contributed by atoms with Crippen LogP contribution in [0.25, 0.3) is 11.3 Å². The minimum absolute atomic E-state index is 0.251. The normalized spacial score (nSPS) is 10.4. The number of aromatic nitrogens is 2. The molecular formula is C22H23N3O5. The van der Waals surface area contributed by atoms with Gasteiger partial charge in [0, 0.05) is 11.6 Å². The monoisotopic (exact) mass is 409 g/mol. The molecule has 1 aromatic heterocycles. The number of hydrogen-bond donors (Lipinski definition) is 1. The molecule has 1 heterocycles. The molecule has 0 saturated carbocycles. The number of benzene rings is 2. The van der Waals surface area contributed by atoms with Crippen LogP contribution in [0.2, 0.25) is 0 Å². The van der Waals surface area contributed by atoms with Crippen LogP contribution in [-0.2, 0) is 11.3 Å². The smallest absolute Gasteiger partial charge is 0.267 e. The summed E-state index contributed by atoms with van der Waals surface area (Å²) in [5.41, 5.74) is 1.26. The highest BCUT2D eigenvalue weighted by molar-refractivity contribution is 5.92. The Morgan fingerprint density at radius 1 is 1.03 bits per heavy atom. The van der Waals surface area contributed by atoms with Crippen molar-refractivity contribution < 1.29 is 19.0 Å². The van der Waals surface area contributed by atoms with E-state index in [0.717, 1.165) is 4.68 Å². The second kappa shape index (κ2) is 9.60. The fourth-order valence-electron chi connectivity index (χ4n) is 2.90. The van der Waals surface area contributed by atoms with Crippen molar-refractivity contribution in [2.75, 3.05) is 26.1 Å². The standard InChI is InChI=1S/C22H23N3O5/c1-4-30-20-8-6-5-7-18(20)23-21(26)14-25-22(27)12-10-17(24-25)16-13-15(28-2)9-11-19(16)29-3/h5-13H,4,14H2,1-3H3,(H,23,26). The molecule has 2 aromatic carbocycles. The van der Waals surface area contributed by atoms with Gasteiger partial charge < -0.3 is 19.5 Å². The van der Waals surface area contributed by atoms with Crippen LogP contribution in [0.5, 0.6) is 17.2 Å². The van der Waals surface area contributed by atoms with E-state index in [9.17, 15) is 9.59 Å². The highest BCUT2D eigenvalue weighted by atomic mass is 16.5. The van der Waals surface area contributed by atoms with Crippen molar-refractivity contribution in [1.29, 1.82) is 0 Å². The fraction of sp³-hybridized carbons (Fsp3) is 0.227. The molecule has 1 N–H and O–H groups in total. The summed E-state index contributed by atoms with van der Waals surface area (Å²) < 4.78 is 17.3. The van der Waals surface area contributed by atoms with Crippen molar-refractivity contribution in [3.8, 4) is 28.5 Å². The first kappa shape index (κ1) is 20.9. The lowest BCUT2D eigenvalue weighted by Gasteiger charge is -2.13. The first-order valence-corrected chi connectivity index (χ1v) is 9.38. The summed E-state index contributed by atoms with van der Waals surface area (Å²) >= 11 is 0. The molecule has 0 spiro atoms. The minimum atomic E-state index is -0.397. The van der Waals surface area contributed by atoms with Crippen LogP contribution in [0.3, 0.4) is 0 Å². The van der Waals surface area contributed by atoms with E-state index < -0.39 is 11.5 Å². The van der Waals surface area contributed by atoms with Crippen molar-refractivity contribution in [2.24, 2.45) is 0 Å². The Labute approximate surface area is 174 Å². The fourth-order valence-corrected chi connectivity index (χ4v) is 2.90. The molecule has 0 radical (unpaired) electrons. The molecule has 1 amide bonds. The van der Waals surface area contributed by atoms with Crippen molar-refractivity contribution in [3.63, 3.8) is 0 Å². The molecular weight excluding hydrogens is 386 g/mol. The highest BCUT2D eigenvalue weighted by Crippen LogP contribution is 2.31. The largest absolute Gasteiger partial charge is 0.497 e. The summed E-state index contributed by atoms with van der Waals surface area (Å²) in [6.45, 7) is 2.08. The number of para-hydroxylation sites is 2. The van der Waals surface area contributed by atoms with E-state index in [4.69, 9.17) is 14.2 Å².